The summed E-state index contributed by atoms with van der Waals surface area (Å²) in [5, 5.41) is 4.82. The van der Waals surface area contributed by atoms with E-state index < -0.39 is 23.7 Å². The molecule has 0 saturated heterocycles. The van der Waals surface area contributed by atoms with Gasteiger partial charge < -0.3 is 15.4 Å². The fraction of sp³-hybridized carbons (Fsp3) is 0.167. The lowest BCUT2D eigenvalue weighted by Crippen LogP contribution is -2.32. The monoisotopic (exact) mass is 434 g/mol. The molecular weight excluding hydrogens is 420 g/mol. The second kappa shape index (κ2) is 8.37. The predicted molar refractivity (Wildman–Crippen MR) is 103 cm³/mol. The van der Waals surface area contributed by atoms with Gasteiger partial charge in [-0.15, -0.1) is 11.8 Å². The van der Waals surface area contributed by atoms with Crippen LogP contribution in [0.4, 0.5) is 11.4 Å². The molecule has 0 spiro atoms. The SMILES string of the molecule is O=C(COC(=O)CC1Sc2ccccc2NC1=O)Nc1ccc(Br)cc1. The highest BCUT2D eigenvalue weighted by Gasteiger charge is 2.29. The maximum Gasteiger partial charge on any atom is 0.307 e. The fourth-order valence-corrected chi connectivity index (χ4v) is 3.67. The number of anilines is 2. The maximum atomic E-state index is 12.1. The van der Waals surface area contributed by atoms with E-state index in [9.17, 15) is 14.4 Å². The molecule has 1 aliphatic heterocycles. The molecule has 1 atom stereocenters. The number of para-hydroxylation sites is 1. The number of rotatable bonds is 5. The van der Waals surface area contributed by atoms with E-state index in [1.807, 2.05) is 18.2 Å². The van der Waals surface area contributed by atoms with Gasteiger partial charge in [0.25, 0.3) is 5.91 Å². The van der Waals surface area contributed by atoms with Crippen LogP contribution in [-0.2, 0) is 19.1 Å². The predicted octanol–water partition coefficient (Wildman–Crippen LogP) is 3.43. The first-order valence-corrected chi connectivity index (χ1v) is 9.46. The zero-order chi connectivity index (χ0) is 18.5. The Morgan fingerprint density at radius 2 is 1.88 bits per heavy atom. The van der Waals surface area contributed by atoms with Crippen molar-refractivity contribution in [2.45, 2.75) is 16.6 Å². The minimum absolute atomic E-state index is 0.101. The maximum absolute atomic E-state index is 12.1. The molecule has 0 aromatic heterocycles. The third kappa shape index (κ3) is 4.86. The van der Waals surface area contributed by atoms with Crippen LogP contribution in [-0.4, -0.2) is 29.6 Å². The molecule has 6 nitrogen and oxygen atoms in total. The lowest BCUT2D eigenvalue weighted by Gasteiger charge is -2.23. The molecule has 134 valence electrons. The molecule has 0 radical (unpaired) electrons. The van der Waals surface area contributed by atoms with Gasteiger partial charge in [0, 0.05) is 15.1 Å². The minimum Gasteiger partial charge on any atom is -0.456 e. The van der Waals surface area contributed by atoms with Gasteiger partial charge in [-0.2, -0.15) is 0 Å². The van der Waals surface area contributed by atoms with Crippen LogP contribution in [0.3, 0.4) is 0 Å². The number of ether oxygens (including phenoxy) is 1. The average Bonchev–Trinajstić information content (AvgIpc) is 2.62. The molecule has 0 aliphatic carbocycles. The van der Waals surface area contributed by atoms with Crippen LogP contribution in [0.25, 0.3) is 0 Å². The minimum atomic E-state index is -0.594. The number of hydrogen-bond acceptors (Lipinski definition) is 5. The van der Waals surface area contributed by atoms with Gasteiger partial charge >= 0.3 is 5.97 Å². The molecule has 2 amide bonds. The number of hydrogen-bond donors (Lipinski definition) is 2. The van der Waals surface area contributed by atoms with Gasteiger partial charge in [0.1, 0.15) is 0 Å². The van der Waals surface area contributed by atoms with Crippen molar-refractivity contribution in [3.63, 3.8) is 0 Å². The van der Waals surface area contributed by atoms with Crippen molar-refractivity contribution in [3.05, 3.63) is 53.0 Å². The van der Waals surface area contributed by atoms with Gasteiger partial charge in [0.2, 0.25) is 5.91 Å². The van der Waals surface area contributed by atoms with E-state index in [1.54, 1.807) is 30.3 Å². The number of nitrogens with one attached hydrogen (secondary N) is 2. The number of thioether (sulfide) groups is 1. The molecule has 3 rings (SSSR count). The fourth-order valence-electron chi connectivity index (χ4n) is 2.31. The normalized spacial score (nSPS) is 15.6. The first-order valence-electron chi connectivity index (χ1n) is 7.79. The molecule has 1 aliphatic rings. The van der Waals surface area contributed by atoms with Crippen LogP contribution < -0.4 is 10.6 Å². The number of carbonyl (C=O) groups is 3. The van der Waals surface area contributed by atoms with E-state index in [-0.39, 0.29) is 12.3 Å². The van der Waals surface area contributed by atoms with Crippen molar-refractivity contribution < 1.29 is 19.1 Å². The Balaban J connectivity index is 1.47. The van der Waals surface area contributed by atoms with Crippen molar-refractivity contribution >= 4 is 56.9 Å². The van der Waals surface area contributed by atoms with Crippen molar-refractivity contribution in [1.29, 1.82) is 0 Å². The van der Waals surface area contributed by atoms with Gasteiger partial charge in [-0.1, -0.05) is 28.1 Å². The molecule has 0 fully saturated rings. The van der Waals surface area contributed by atoms with E-state index >= 15 is 0 Å². The van der Waals surface area contributed by atoms with E-state index in [0.29, 0.717) is 5.69 Å². The Morgan fingerprint density at radius 3 is 2.65 bits per heavy atom. The quantitative estimate of drug-likeness (QED) is 0.704. The summed E-state index contributed by atoms with van der Waals surface area (Å²) < 4.78 is 5.88. The Bertz CT molecular complexity index is 841. The van der Waals surface area contributed by atoms with Crippen LogP contribution in [0.5, 0.6) is 0 Å². The van der Waals surface area contributed by atoms with Crippen molar-refractivity contribution in [2.75, 3.05) is 17.2 Å². The highest BCUT2D eigenvalue weighted by Crippen LogP contribution is 2.36. The largest absolute Gasteiger partial charge is 0.456 e. The summed E-state index contributed by atoms with van der Waals surface area (Å²) in [6, 6.07) is 14.4. The zero-order valence-corrected chi connectivity index (χ0v) is 15.9. The zero-order valence-electron chi connectivity index (χ0n) is 13.5. The Labute approximate surface area is 162 Å². The van der Waals surface area contributed by atoms with Gasteiger partial charge in [-0.3, -0.25) is 14.4 Å². The van der Waals surface area contributed by atoms with Crippen molar-refractivity contribution in [1.82, 2.24) is 0 Å². The molecule has 1 unspecified atom stereocenters. The summed E-state index contributed by atoms with van der Waals surface area (Å²) in [4.78, 5) is 36.8. The van der Waals surface area contributed by atoms with Crippen LogP contribution in [0, 0.1) is 0 Å². The molecule has 1 heterocycles. The lowest BCUT2D eigenvalue weighted by molar-refractivity contribution is -0.147. The molecule has 26 heavy (non-hydrogen) atoms. The first-order chi connectivity index (χ1) is 12.5. The molecule has 8 heteroatoms. The smallest absolute Gasteiger partial charge is 0.307 e. The van der Waals surface area contributed by atoms with Crippen molar-refractivity contribution in [2.24, 2.45) is 0 Å². The number of amides is 2. The number of halogens is 1. The molecular formula is C18H15BrN2O4S. The summed E-state index contributed by atoms with van der Waals surface area (Å²) in [6.07, 6.45) is -0.101. The number of carbonyl (C=O) groups excluding carboxylic acids is 3. The first kappa shape index (κ1) is 18.5. The van der Waals surface area contributed by atoms with E-state index in [1.165, 1.54) is 11.8 Å². The Kier molecular flexibility index (Phi) is 5.95. The Hall–Kier alpha value is -2.32. The summed E-state index contributed by atoms with van der Waals surface area (Å²) in [7, 11) is 0. The van der Waals surface area contributed by atoms with Crippen LogP contribution >= 0.6 is 27.7 Å². The highest BCUT2D eigenvalue weighted by atomic mass is 79.9. The van der Waals surface area contributed by atoms with E-state index in [2.05, 4.69) is 26.6 Å². The molecule has 2 aromatic carbocycles. The second-order valence-electron chi connectivity index (χ2n) is 5.51. The molecule has 2 aromatic rings. The number of esters is 1. The standard InChI is InChI=1S/C18H15BrN2O4S/c19-11-5-7-12(8-6-11)20-16(22)10-25-17(23)9-15-18(24)21-13-3-1-2-4-14(13)26-15/h1-8,15H,9-10H2,(H,20,22)(H,21,24). The molecule has 2 N–H and O–H groups in total. The van der Waals surface area contributed by atoms with Crippen molar-refractivity contribution in [3.8, 4) is 0 Å². The summed E-state index contributed by atoms with van der Waals surface area (Å²) >= 11 is 4.62. The van der Waals surface area contributed by atoms with Crippen LogP contribution in [0.2, 0.25) is 0 Å². The lowest BCUT2D eigenvalue weighted by atomic mass is 10.2. The second-order valence-corrected chi connectivity index (χ2v) is 7.67. The van der Waals surface area contributed by atoms with E-state index in [0.717, 1.165) is 15.1 Å². The third-order valence-electron chi connectivity index (χ3n) is 3.55. The summed E-state index contributed by atoms with van der Waals surface area (Å²) in [5.74, 6) is -1.28. The Morgan fingerprint density at radius 1 is 1.15 bits per heavy atom. The van der Waals surface area contributed by atoms with Gasteiger partial charge in [-0.05, 0) is 36.4 Å². The van der Waals surface area contributed by atoms with Gasteiger partial charge in [-0.25, -0.2) is 0 Å². The molecule has 0 saturated carbocycles. The molecule has 0 bridgehead atoms. The topological polar surface area (TPSA) is 84.5 Å². The summed E-state index contributed by atoms with van der Waals surface area (Å²) in [5.41, 5.74) is 1.34. The number of fused-ring (bicyclic) bond motifs is 1. The number of benzene rings is 2. The van der Waals surface area contributed by atoms with Gasteiger partial charge in [0.15, 0.2) is 6.61 Å². The van der Waals surface area contributed by atoms with Gasteiger partial charge in [0.05, 0.1) is 17.4 Å². The highest BCUT2D eigenvalue weighted by molar-refractivity contribution is 9.10. The van der Waals surface area contributed by atoms with E-state index in [4.69, 9.17) is 4.74 Å². The average molecular weight is 435 g/mol. The summed E-state index contributed by atoms with van der Waals surface area (Å²) in [6.45, 7) is -0.398. The third-order valence-corrected chi connectivity index (χ3v) is 5.35. The van der Waals surface area contributed by atoms with Crippen LogP contribution in [0.1, 0.15) is 6.42 Å². The van der Waals surface area contributed by atoms with Crippen LogP contribution in [0.15, 0.2) is 57.9 Å².